The molecule has 0 amide bonds. The zero-order valence-electron chi connectivity index (χ0n) is 10.7. The average molecular weight is 335 g/mol. The Kier molecular flexibility index (Phi) is 4.87. The molecule has 0 spiro atoms. The number of aliphatic carboxylic acids is 1. The zero-order chi connectivity index (χ0) is 15.6. The summed E-state index contributed by atoms with van der Waals surface area (Å²) in [6.45, 7) is 0.320. The van der Waals surface area contributed by atoms with E-state index in [1.165, 1.54) is 12.1 Å². The summed E-state index contributed by atoms with van der Waals surface area (Å²) in [5, 5.41) is 22.7. The number of hydrogen-bond donors (Lipinski definition) is 2. The second-order valence-electron chi connectivity index (χ2n) is 4.58. The number of ether oxygens (including phenoxy) is 1. The minimum Gasteiger partial charge on any atom is -0.479 e. The molecule has 21 heavy (non-hydrogen) atoms. The van der Waals surface area contributed by atoms with Crippen molar-refractivity contribution >= 4 is 40.5 Å². The minimum absolute atomic E-state index is 0.127. The lowest BCUT2D eigenvalue weighted by atomic mass is 10.2. The number of halogens is 2. The highest BCUT2D eigenvalue weighted by Gasteiger charge is 2.30. The number of carbonyl (C=O) groups is 1. The van der Waals surface area contributed by atoms with Crippen LogP contribution in [0, 0.1) is 10.1 Å². The van der Waals surface area contributed by atoms with Crippen molar-refractivity contribution in [2.75, 3.05) is 11.9 Å². The molecule has 0 bridgehead atoms. The van der Waals surface area contributed by atoms with E-state index >= 15 is 0 Å². The number of nitrogens with zero attached hydrogens (tertiary/aromatic N) is 1. The number of anilines is 1. The van der Waals surface area contributed by atoms with Crippen LogP contribution < -0.4 is 5.32 Å². The van der Waals surface area contributed by atoms with Gasteiger partial charge in [0, 0.05) is 18.7 Å². The molecule has 0 saturated carbocycles. The number of carboxylic acid groups (broad SMARTS) is 1. The molecule has 2 rings (SSSR count). The van der Waals surface area contributed by atoms with E-state index in [1.54, 1.807) is 0 Å². The van der Waals surface area contributed by atoms with E-state index in [4.69, 9.17) is 33.0 Å². The van der Waals surface area contributed by atoms with Crippen LogP contribution in [0.1, 0.15) is 12.8 Å². The topological polar surface area (TPSA) is 102 Å². The monoisotopic (exact) mass is 334 g/mol. The molecular formula is C12H12Cl2N2O5. The maximum atomic E-state index is 10.8. The number of hydrogen-bond acceptors (Lipinski definition) is 5. The van der Waals surface area contributed by atoms with Gasteiger partial charge in [-0.3, -0.25) is 10.1 Å². The SMILES string of the molecule is O=C(O)C1CCC(CNc2c(Cl)cc([N+](=O)[O-])cc2Cl)O1. The lowest BCUT2D eigenvalue weighted by Gasteiger charge is -2.15. The Hall–Kier alpha value is -1.57. The Morgan fingerprint density at radius 3 is 2.52 bits per heavy atom. The molecule has 114 valence electrons. The predicted molar refractivity (Wildman–Crippen MR) is 77.1 cm³/mol. The first-order chi connectivity index (χ1) is 9.88. The lowest BCUT2D eigenvalue weighted by molar-refractivity contribution is -0.384. The minimum atomic E-state index is -0.982. The fraction of sp³-hybridized carbons (Fsp3) is 0.417. The molecule has 1 aromatic carbocycles. The summed E-state index contributed by atoms with van der Waals surface area (Å²) in [5.74, 6) is -0.982. The van der Waals surface area contributed by atoms with Gasteiger partial charge in [0.15, 0.2) is 6.10 Å². The smallest absolute Gasteiger partial charge is 0.332 e. The third kappa shape index (κ3) is 3.75. The molecule has 9 heteroatoms. The van der Waals surface area contributed by atoms with Crippen LogP contribution in [-0.4, -0.2) is 34.8 Å². The van der Waals surface area contributed by atoms with Crippen LogP contribution in [0.4, 0.5) is 11.4 Å². The third-order valence-electron chi connectivity index (χ3n) is 3.13. The van der Waals surface area contributed by atoms with Crippen molar-refractivity contribution in [1.82, 2.24) is 0 Å². The van der Waals surface area contributed by atoms with Crippen molar-refractivity contribution in [3.63, 3.8) is 0 Å². The molecule has 0 aromatic heterocycles. The van der Waals surface area contributed by atoms with Gasteiger partial charge >= 0.3 is 5.97 Å². The summed E-state index contributed by atoms with van der Waals surface area (Å²) in [5.41, 5.74) is 0.171. The number of non-ortho nitro benzene ring substituents is 1. The molecule has 1 heterocycles. The molecule has 1 aliphatic heterocycles. The van der Waals surface area contributed by atoms with E-state index < -0.39 is 17.0 Å². The summed E-state index contributed by atoms with van der Waals surface area (Å²) in [4.78, 5) is 20.9. The molecule has 2 N–H and O–H groups in total. The Balaban J connectivity index is 2.01. The second kappa shape index (κ2) is 6.46. The quantitative estimate of drug-likeness (QED) is 0.634. The summed E-state index contributed by atoms with van der Waals surface area (Å²) < 4.78 is 5.33. The van der Waals surface area contributed by atoms with Crippen LogP contribution in [0.5, 0.6) is 0 Å². The van der Waals surface area contributed by atoms with Crippen LogP contribution in [-0.2, 0) is 9.53 Å². The predicted octanol–water partition coefficient (Wildman–Crippen LogP) is 2.95. The molecular weight excluding hydrogens is 323 g/mol. The Morgan fingerprint density at radius 1 is 1.43 bits per heavy atom. The Bertz CT molecular complexity index is 558. The average Bonchev–Trinajstić information content (AvgIpc) is 2.86. The van der Waals surface area contributed by atoms with Gasteiger partial charge in [-0.1, -0.05) is 23.2 Å². The van der Waals surface area contributed by atoms with Crippen molar-refractivity contribution in [3.05, 3.63) is 32.3 Å². The third-order valence-corrected chi connectivity index (χ3v) is 3.72. The van der Waals surface area contributed by atoms with Gasteiger partial charge in [0.05, 0.1) is 26.8 Å². The van der Waals surface area contributed by atoms with Gasteiger partial charge in [-0.15, -0.1) is 0 Å². The summed E-state index contributed by atoms with van der Waals surface area (Å²) >= 11 is 11.9. The van der Waals surface area contributed by atoms with Gasteiger partial charge in [-0.05, 0) is 12.8 Å². The molecule has 1 saturated heterocycles. The normalized spacial score (nSPS) is 21.2. The van der Waals surface area contributed by atoms with E-state index in [-0.39, 0.29) is 21.8 Å². The van der Waals surface area contributed by atoms with Crippen LogP contribution in [0.2, 0.25) is 10.0 Å². The van der Waals surface area contributed by atoms with Crippen molar-refractivity contribution in [2.45, 2.75) is 25.0 Å². The van der Waals surface area contributed by atoms with Gasteiger partial charge in [-0.2, -0.15) is 0 Å². The molecule has 0 radical (unpaired) electrons. The molecule has 1 fully saturated rings. The maximum absolute atomic E-state index is 10.8. The molecule has 2 unspecified atom stereocenters. The number of nitro groups is 1. The summed E-state index contributed by atoms with van der Waals surface area (Å²) in [7, 11) is 0. The van der Waals surface area contributed by atoms with Crippen LogP contribution in [0.3, 0.4) is 0 Å². The first-order valence-electron chi connectivity index (χ1n) is 6.14. The van der Waals surface area contributed by atoms with Crippen LogP contribution in [0.25, 0.3) is 0 Å². The van der Waals surface area contributed by atoms with E-state index in [1.807, 2.05) is 0 Å². The highest BCUT2D eigenvalue weighted by atomic mass is 35.5. The number of nitrogens with one attached hydrogen (secondary N) is 1. The lowest BCUT2D eigenvalue weighted by Crippen LogP contribution is -2.24. The molecule has 0 aliphatic carbocycles. The fourth-order valence-electron chi connectivity index (χ4n) is 2.09. The highest BCUT2D eigenvalue weighted by molar-refractivity contribution is 6.39. The number of benzene rings is 1. The molecule has 1 aliphatic rings. The highest BCUT2D eigenvalue weighted by Crippen LogP contribution is 2.35. The fourth-order valence-corrected chi connectivity index (χ4v) is 2.70. The van der Waals surface area contributed by atoms with Crippen molar-refractivity contribution in [3.8, 4) is 0 Å². The number of carboxylic acids is 1. The van der Waals surface area contributed by atoms with E-state index in [0.29, 0.717) is 25.1 Å². The Morgan fingerprint density at radius 2 is 2.05 bits per heavy atom. The largest absolute Gasteiger partial charge is 0.479 e. The standard InChI is InChI=1S/C12H12Cl2N2O5/c13-8-3-6(16(19)20)4-9(14)11(8)15-5-7-1-2-10(21-7)12(17)18/h3-4,7,10,15H,1-2,5H2,(H,17,18). The summed E-state index contributed by atoms with van der Waals surface area (Å²) in [6.07, 6.45) is -0.0108. The summed E-state index contributed by atoms with van der Waals surface area (Å²) in [6, 6.07) is 2.40. The first-order valence-corrected chi connectivity index (χ1v) is 6.89. The van der Waals surface area contributed by atoms with Crippen molar-refractivity contribution in [2.24, 2.45) is 0 Å². The van der Waals surface area contributed by atoms with Gasteiger partial charge in [0.1, 0.15) is 0 Å². The number of nitro benzene ring substituents is 1. The zero-order valence-corrected chi connectivity index (χ0v) is 12.2. The van der Waals surface area contributed by atoms with Gasteiger partial charge < -0.3 is 15.2 Å². The molecule has 7 nitrogen and oxygen atoms in total. The molecule has 2 atom stereocenters. The second-order valence-corrected chi connectivity index (χ2v) is 5.40. The van der Waals surface area contributed by atoms with Gasteiger partial charge in [-0.25, -0.2) is 4.79 Å². The van der Waals surface area contributed by atoms with Crippen LogP contribution >= 0.6 is 23.2 Å². The van der Waals surface area contributed by atoms with E-state index in [0.717, 1.165) is 0 Å². The van der Waals surface area contributed by atoms with Crippen molar-refractivity contribution in [1.29, 1.82) is 0 Å². The maximum Gasteiger partial charge on any atom is 0.332 e. The molecule has 1 aromatic rings. The Labute approximate surface area is 129 Å². The number of rotatable bonds is 5. The van der Waals surface area contributed by atoms with Gasteiger partial charge in [0.2, 0.25) is 0 Å². The van der Waals surface area contributed by atoms with E-state index in [9.17, 15) is 14.9 Å². The first kappa shape index (κ1) is 15.8. The van der Waals surface area contributed by atoms with E-state index in [2.05, 4.69) is 5.32 Å². The van der Waals surface area contributed by atoms with Crippen LogP contribution in [0.15, 0.2) is 12.1 Å². The van der Waals surface area contributed by atoms with Gasteiger partial charge in [0.25, 0.3) is 5.69 Å². The van der Waals surface area contributed by atoms with Crippen molar-refractivity contribution < 1.29 is 19.6 Å².